The number of hydrogen-bond acceptors (Lipinski definition) is 1. The zero-order chi connectivity index (χ0) is 10.4. The Kier molecular flexibility index (Phi) is 4.71. The molecular weight excluding hydrogens is 174 g/mol. The van der Waals surface area contributed by atoms with Gasteiger partial charge in [-0.15, -0.1) is 6.58 Å². The second-order valence-corrected chi connectivity index (χ2v) is 4.36. The molecule has 1 unspecified atom stereocenters. The third kappa shape index (κ3) is 3.52. The number of hydrogen-bond donors (Lipinski definition) is 1. The molecule has 2 N–H and O–H groups in total. The molecule has 0 heterocycles. The van der Waals surface area contributed by atoms with E-state index in [1.165, 1.54) is 32.1 Å². The Bertz CT molecular complexity index is 194. The van der Waals surface area contributed by atoms with E-state index < -0.39 is 0 Å². The lowest BCUT2D eigenvalue weighted by molar-refractivity contribution is -0.122. The van der Waals surface area contributed by atoms with E-state index in [0.717, 1.165) is 18.8 Å². The molecule has 2 nitrogen and oxygen atoms in total. The number of carbonyl (C=O) groups excluding carboxylic acids is 1. The number of amides is 1. The van der Waals surface area contributed by atoms with Crippen LogP contribution in [-0.4, -0.2) is 5.91 Å². The van der Waals surface area contributed by atoms with Crippen molar-refractivity contribution in [2.75, 3.05) is 0 Å². The van der Waals surface area contributed by atoms with Gasteiger partial charge < -0.3 is 5.73 Å². The second-order valence-electron chi connectivity index (χ2n) is 4.36. The summed E-state index contributed by atoms with van der Waals surface area (Å²) in [4.78, 5) is 11.1. The van der Waals surface area contributed by atoms with Gasteiger partial charge in [-0.1, -0.05) is 38.2 Å². The summed E-state index contributed by atoms with van der Waals surface area (Å²) < 4.78 is 0. The van der Waals surface area contributed by atoms with Crippen molar-refractivity contribution in [2.24, 2.45) is 17.6 Å². The molecule has 0 bridgehead atoms. The van der Waals surface area contributed by atoms with Gasteiger partial charge in [0.05, 0.1) is 0 Å². The van der Waals surface area contributed by atoms with Gasteiger partial charge in [0, 0.05) is 5.92 Å². The van der Waals surface area contributed by atoms with E-state index in [1.807, 2.05) is 0 Å². The lowest BCUT2D eigenvalue weighted by Gasteiger charge is -2.24. The van der Waals surface area contributed by atoms with Crippen molar-refractivity contribution in [3.05, 3.63) is 12.7 Å². The average Bonchev–Trinajstić information content (AvgIpc) is 2.18. The molecule has 0 radical (unpaired) electrons. The predicted octanol–water partition coefficient (Wildman–Crippen LogP) is 2.63. The second kappa shape index (κ2) is 5.84. The molecule has 1 saturated carbocycles. The monoisotopic (exact) mass is 195 g/mol. The zero-order valence-electron chi connectivity index (χ0n) is 8.87. The molecule has 0 aromatic rings. The minimum absolute atomic E-state index is 0.0237. The highest BCUT2D eigenvalue weighted by molar-refractivity contribution is 5.76. The van der Waals surface area contributed by atoms with Crippen molar-refractivity contribution >= 4 is 5.91 Å². The first kappa shape index (κ1) is 11.3. The van der Waals surface area contributed by atoms with Gasteiger partial charge in [0.15, 0.2) is 0 Å². The maximum Gasteiger partial charge on any atom is 0.220 e. The maximum absolute atomic E-state index is 11.1. The Morgan fingerprint density at radius 2 is 2.07 bits per heavy atom. The van der Waals surface area contributed by atoms with Gasteiger partial charge >= 0.3 is 0 Å². The molecule has 1 rings (SSSR count). The molecule has 0 aromatic heterocycles. The highest BCUT2D eigenvalue weighted by Crippen LogP contribution is 2.30. The molecule has 1 amide bonds. The van der Waals surface area contributed by atoms with Crippen LogP contribution >= 0.6 is 0 Å². The third-order valence-electron chi connectivity index (χ3n) is 3.20. The van der Waals surface area contributed by atoms with Gasteiger partial charge in [0.2, 0.25) is 5.91 Å². The van der Waals surface area contributed by atoms with Gasteiger partial charge in [-0.3, -0.25) is 4.79 Å². The van der Waals surface area contributed by atoms with E-state index in [0.29, 0.717) is 0 Å². The first-order valence-electron chi connectivity index (χ1n) is 5.64. The highest BCUT2D eigenvalue weighted by atomic mass is 16.1. The molecule has 2 heteroatoms. The fraction of sp³-hybridized carbons (Fsp3) is 0.750. The first-order chi connectivity index (χ1) is 6.74. The minimum Gasteiger partial charge on any atom is -0.369 e. The molecule has 14 heavy (non-hydrogen) atoms. The summed E-state index contributed by atoms with van der Waals surface area (Å²) in [6.45, 7) is 3.67. The molecular formula is C12H21NO. The van der Waals surface area contributed by atoms with E-state index in [2.05, 4.69) is 6.58 Å². The van der Waals surface area contributed by atoms with E-state index in [1.54, 1.807) is 6.08 Å². The quantitative estimate of drug-likeness (QED) is 0.673. The number of carbonyl (C=O) groups is 1. The molecule has 0 aromatic carbocycles. The van der Waals surface area contributed by atoms with Crippen LogP contribution in [-0.2, 0) is 4.79 Å². The lowest BCUT2D eigenvalue weighted by Crippen LogP contribution is -2.25. The Labute approximate surface area is 86.6 Å². The van der Waals surface area contributed by atoms with Crippen molar-refractivity contribution in [1.82, 2.24) is 0 Å². The minimum atomic E-state index is -0.157. The third-order valence-corrected chi connectivity index (χ3v) is 3.20. The van der Waals surface area contributed by atoms with Crippen molar-refractivity contribution in [3.63, 3.8) is 0 Å². The van der Waals surface area contributed by atoms with Crippen LogP contribution in [0.3, 0.4) is 0 Å². The lowest BCUT2D eigenvalue weighted by atomic mass is 9.81. The molecule has 0 saturated heterocycles. The Morgan fingerprint density at radius 1 is 1.43 bits per heavy atom. The summed E-state index contributed by atoms with van der Waals surface area (Å²) >= 11 is 0. The Morgan fingerprint density at radius 3 is 2.57 bits per heavy atom. The van der Waals surface area contributed by atoms with Crippen LogP contribution in [0, 0.1) is 11.8 Å². The van der Waals surface area contributed by atoms with E-state index in [4.69, 9.17) is 5.73 Å². The van der Waals surface area contributed by atoms with Crippen LogP contribution in [0.4, 0.5) is 0 Å². The summed E-state index contributed by atoms with van der Waals surface area (Å²) in [5.74, 6) is 0.590. The number of allylic oxidation sites excluding steroid dienone is 1. The molecule has 80 valence electrons. The van der Waals surface area contributed by atoms with E-state index >= 15 is 0 Å². The van der Waals surface area contributed by atoms with Crippen LogP contribution in [0.15, 0.2) is 12.7 Å². The van der Waals surface area contributed by atoms with Crippen molar-refractivity contribution in [1.29, 1.82) is 0 Å². The van der Waals surface area contributed by atoms with Crippen LogP contribution in [0.1, 0.15) is 44.9 Å². The predicted molar refractivity (Wildman–Crippen MR) is 58.7 cm³/mol. The van der Waals surface area contributed by atoms with Gasteiger partial charge in [-0.25, -0.2) is 0 Å². The largest absolute Gasteiger partial charge is 0.369 e. The summed E-state index contributed by atoms with van der Waals surface area (Å²) in [6.07, 6.45) is 10.1. The van der Waals surface area contributed by atoms with Gasteiger partial charge in [0.25, 0.3) is 0 Å². The molecule has 0 aliphatic heterocycles. The molecule has 1 aliphatic rings. The van der Waals surface area contributed by atoms with Crippen LogP contribution < -0.4 is 5.73 Å². The van der Waals surface area contributed by atoms with Crippen LogP contribution in [0.2, 0.25) is 0 Å². The number of rotatable bonds is 5. The first-order valence-corrected chi connectivity index (χ1v) is 5.64. The van der Waals surface area contributed by atoms with Crippen molar-refractivity contribution < 1.29 is 4.79 Å². The zero-order valence-corrected chi connectivity index (χ0v) is 8.87. The van der Waals surface area contributed by atoms with Gasteiger partial charge in [0.1, 0.15) is 0 Å². The van der Waals surface area contributed by atoms with E-state index in [-0.39, 0.29) is 11.8 Å². The molecule has 1 aliphatic carbocycles. The molecule has 1 atom stereocenters. The molecule has 0 spiro atoms. The Balaban J connectivity index is 2.36. The Hall–Kier alpha value is -0.790. The van der Waals surface area contributed by atoms with Crippen molar-refractivity contribution in [3.8, 4) is 0 Å². The number of nitrogens with two attached hydrogens (primary N) is 1. The summed E-state index contributed by atoms with van der Waals surface area (Å²) in [7, 11) is 0. The molecule has 1 fully saturated rings. The summed E-state index contributed by atoms with van der Waals surface area (Å²) in [5, 5.41) is 0. The normalized spacial score (nSPS) is 20.3. The average molecular weight is 195 g/mol. The highest BCUT2D eigenvalue weighted by Gasteiger charge is 2.21. The van der Waals surface area contributed by atoms with Gasteiger partial charge in [-0.2, -0.15) is 0 Å². The smallest absolute Gasteiger partial charge is 0.220 e. The SMILES string of the molecule is C=CCC(CC1CCCCC1)C(N)=O. The standard InChI is InChI=1S/C12H21NO/c1-2-6-11(12(13)14)9-10-7-4-3-5-8-10/h2,10-11H,1,3-9H2,(H2,13,14). The number of primary amides is 1. The van der Waals surface area contributed by atoms with Gasteiger partial charge in [-0.05, 0) is 18.8 Å². The van der Waals surface area contributed by atoms with E-state index in [9.17, 15) is 4.79 Å². The fourth-order valence-electron chi connectivity index (χ4n) is 2.35. The summed E-state index contributed by atoms with van der Waals surface area (Å²) in [5.41, 5.74) is 5.35. The topological polar surface area (TPSA) is 43.1 Å². The maximum atomic E-state index is 11.1. The van der Waals surface area contributed by atoms with Crippen LogP contribution in [0.5, 0.6) is 0 Å². The van der Waals surface area contributed by atoms with Crippen LogP contribution in [0.25, 0.3) is 0 Å². The fourth-order valence-corrected chi connectivity index (χ4v) is 2.35. The summed E-state index contributed by atoms with van der Waals surface area (Å²) in [6, 6.07) is 0. The van der Waals surface area contributed by atoms with Crippen molar-refractivity contribution in [2.45, 2.75) is 44.9 Å².